The highest BCUT2D eigenvalue weighted by molar-refractivity contribution is 5.23. The van der Waals surface area contributed by atoms with Crippen molar-refractivity contribution < 1.29 is 0 Å². The van der Waals surface area contributed by atoms with Crippen molar-refractivity contribution >= 4 is 0 Å². The van der Waals surface area contributed by atoms with Gasteiger partial charge >= 0.3 is 0 Å². The fourth-order valence-corrected chi connectivity index (χ4v) is 1.50. The number of aryl methyl sites for hydroxylation is 2. The van der Waals surface area contributed by atoms with Gasteiger partial charge < -0.3 is 0 Å². The maximum absolute atomic E-state index is 2.24. The van der Waals surface area contributed by atoms with Gasteiger partial charge in [0, 0.05) is 0 Å². The third-order valence-corrected chi connectivity index (χ3v) is 2.86. The third kappa shape index (κ3) is 4.48. The van der Waals surface area contributed by atoms with Crippen LogP contribution in [0, 0.1) is 19.3 Å². The van der Waals surface area contributed by atoms with Gasteiger partial charge in [-0.1, -0.05) is 62.4 Å². The predicted octanol–water partition coefficient (Wildman–Crippen LogP) is 4.83. The molecule has 0 saturated carbocycles. The summed E-state index contributed by atoms with van der Waals surface area (Å²) in [4.78, 5) is 0. The Morgan fingerprint density at radius 3 is 1.75 bits per heavy atom. The summed E-state index contributed by atoms with van der Waals surface area (Å²) in [5.41, 5.74) is 3.15. The molecule has 86 valence electrons. The molecule has 0 atom stereocenters. The van der Waals surface area contributed by atoms with E-state index in [1.54, 1.807) is 0 Å². The van der Waals surface area contributed by atoms with Crippen molar-refractivity contribution in [2.75, 3.05) is 0 Å². The molecule has 1 aliphatic carbocycles. The van der Waals surface area contributed by atoms with Crippen LogP contribution in [0.1, 0.15) is 31.4 Å². The Kier molecular flexibility index (Phi) is 4.54. The van der Waals surface area contributed by atoms with Crippen LogP contribution < -0.4 is 0 Å². The zero-order valence-corrected chi connectivity index (χ0v) is 10.8. The van der Waals surface area contributed by atoms with Gasteiger partial charge in [-0.25, -0.2) is 0 Å². The molecule has 0 heterocycles. The fourth-order valence-electron chi connectivity index (χ4n) is 1.50. The number of allylic oxidation sites excluding steroid dienone is 4. The first kappa shape index (κ1) is 12.8. The molecular weight excluding hydrogens is 192 g/mol. The van der Waals surface area contributed by atoms with Crippen molar-refractivity contribution in [1.82, 2.24) is 0 Å². The van der Waals surface area contributed by atoms with Gasteiger partial charge in [-0.2, -0.15) is 0 Å². The van der Waals surface area contributed by atoms with Crippen molar-refractivity contribution in [3.63, 3.8) is 0 Å². The summed E-state index contributed by atoms with van der Waals surface area (Å²) in [5.74, 6) is 0. The van der Waals surface area contributed by atoms with Gasteiger partial charge in [0.15, 0.2) is 0 Å². The number of rotatable bonds is 0. The molecule has 0 N–H and O–H groups in total. The van der Waals surface area contributed by atoms with Crippen molar-refractivity contribution in [1.29, 1.82) is 0 Å². The van der Waals surface area contributed by atoms with Gasteiger partial charge in [0.2, 0.25) is 0 Å². The van der Waals surface area contributed by atoms with Crippen LogP contribution in [0.5, 0.6) is 0 Å². The highest BCUT2D eigenvalue weighted by Gasteiger charge is 2.11. The van der Waals surface area contributed by atoms with Crippen molar-refractivity contribution in [2.24, 2.45) is 5.41 Å². The van der Waals surface area contributed by atoms with E-state index < -0.39 is 0 Å². The summed E-state index contributed by atoms with van der Waals surface area (Å²) in [6.07, 6.45) is 9.85. The number of benzene rings is 1. The lowest BCUT2D eigenvalue weighted by atomic mass is 9.86. The maximum Gasteiger partial charge on any atom is -0.0137 e. The van der Waals surface area contributed by atoms with Gasteiger partial charge in [0.05, 0.1) is 0 Å². The van der Waals surface area contributed by atoms with Crippen LogP contribution in [0.25, 0.3) is 0 Å². The van der Waals surface area contributed by atoms with E-state index in [9.17, 15) is 0 Å². The van der Waals surface area contributed by atoms with Gasteiger partial charge in [0.1, 0.15) is 0 Å². The highest BCUT2D eigenvalue weighted by Crippen LogP contribution is 2.24. The SMILES string of the molecule is CC1(C)C=CC=CC1.Cc1ccccc1C. The van der Waals surface area contributed by atoms with Crippen molar-refractivity contribution in [3.05, 3.63) is 59.7 Å². The molecule has 1 aromatic rings. The van der Waals surface area contributed by atoms with Gasteiger partial charge in [-0.15, -0.1) is 0 Å². The Morgan fingerprint density at radius 1 is 0.938 bits per heavy atom. The monoisotopic (exact) mass is 214 g/mol. The Labute approximate surface area is 99.7 Å². The lowest BCUT2D eigenvalue weighted by Crippen LogP contribution is -2.06. The second-order valence-electron chi connectivity index (χ2n) is 5.06. The van der Waals surface area contributed by atoms with E-state index in [0.717, 1.165) is 0 Å². The van der Waals surface area contributed by atoms with Crippen LogP contribution in [0.2, 0.25) is 0 Å². The topological polar surface area (TPSA) is 0 Å². The second kappa shape index (κ2) is 5.69. The molecule has 0 aromatic heterocycles. The summed E-state index contributed by atoms with van der Waals surface area (Å²) in [5, 5.41) is 0. The molecule has 2 rings (SSSR count). The molecule has 0 spiro atoms. The standard InChI is InChI=1S/C8H12.C8H10/c1-8(2)6-4-3-5-7-8;1-7-5-3-4-6-8(7)2/h3-6H,7H2,1-2H3;3-6H,1-2H3. The quantitative estimate of drug-likeness (QED) is 0.580. The fraction of sp³-hybridized carbons (Fsp3) is 0.375. The molecule has 0 amide bonds. The minimum atomic E-state index is 0.411. The predicted molar refractivity (Wildman–Crippen MR) is 72.6 cm³/mol. The van der Waals surface area contributed by atoms with Crippen LogP contribution in [-0.4, -0.2) is 0 Å². The highest BCUT2D eigenvalue weighted by atomic mass is 14.2. The molecule has 0 aliphatic heterocycles. The van der Waals surface area contributed by atoms with Crippen molar-refractivity contribution in [3.8, 4) is 0 Å². The molecule has 0 heteroatoms. The van der Waals surface area contributed by atoms with Gasteiger partial charge in [0.25, 0.3) is 0 Å². The van der Waals surface area contributed by atoms with E-state index >= 15 is 0 Å². The Balaban J connectivity index is 0.000000160. The lowest BCUT2D eigenvalue weighted by Gasteiger charge is -2.19. The molecule has 16 heavy (non-hydrogen) atoms. The molecule has 1 aromatic carbocycles. The molecule has 0 radical (unpaired) electrons. The van der Waals surface area contributed by atoms with Crippen LogP contribution in [0.3, 0.4) is 0 Å². The summed E-state index contributed by atoms with van der Waals surface area (Å²) < 4.78 is 0. The summed E-state index contributed by atoms with van der Waals surface area (Å²) >= 11 is 0. The molecule has 0 saturated heterocycles. The van der Waals surface area contributed by atoms with Crippen LogP contribution in [0.4, 0.5) is 0 Å². The summed E-state index contributed by atoms with van der Waals surface area (Å²) in [7, 11) is 0. The normalized spacial score (nSPS) is 16.5. The average molecular weight is 214 g/mol. The molecule has 0 bridgehead atoms. The minimum absolute atomic E-state index is 0.411. The Morgan fingerprint density at radius 2 is 1.50 bits per heavy atom. The second-order valence-corrected chi connectivity index (χ2v) is 5.06. The van der Waals surface area contributed by atoms with E-state index in [2.05, 4.69) is 76.3 Å². The number of hydrogen-bond donors (Lipinski definition) is 0. The van der Waals surface area contributed by atoms with Gasteiger partial charge in [-0.3, -0.25) is 0 Å². The number of hydrogen-bond acceptors (Lipinski definition) is 0. The van der Waals surface area contributed by atoms with E-state index in [4.69, 9.17) is 0 Å². The molecule has 0 nitrogen and oxygen atoms in total. The summed E-state index contributed by atoms with van der Waals surface area (Å²) in [6.45, 7) is 8.73. The van der Waals surface area contributed by atoms with Crippen LogP contribution in [-0.2, 0) is 0 Å². The zero-order chi connectivity index (χ0) is 12.0. The van der Waals surface area contributed by atoms with E-state index in [1.165, 1.54) is 17.5 Å². The Hall–Kier alpha value is -1.30. The first-order valence-electron chi connectivity index (χ1n) is 5.88. The van der Waals surface area contributed by atoms with Gasteiger partial charge in [-0.05, 0) is 36.8 Å². The Bertz CT molecular complexity index is 360. The average Bonchev–Trinajstić information content (AvgIpc) is 2.23. The molecule has 0 unspecified atom stereocenters. The van der Waals surface area contributed by atoms with Crippen LogP contribution >= 0.6 is 0 Å². The van der Waals surface area contributed by atoms with E-state index in [0.29, 0.717) is 5.41 Å². The first-order valence-corrected chi connectivity index (χ1v) is 5.88. The summed E-state index contributed by atoms with van der Waals surface area (Å²) in [6, 6.07) is 8.36. The zero-order valence-electron chi connectivity index (χ0n) is 10.8. The maximum atomic E-state index is 2.24. The van der Waals surface area contributed by atoms with Crippen LogP contribution in [0.15, 0.2) is 48.6 Å². The van der Waals surface area contributed by atoms with Crippen molar-refractivity contribution in [2.45, 2.75) is 34.1 Å². The smallest absolute Gasteiger partial charge is 0.0137 e. The molecular formula is C16H22. The third-order valence-electron chi connectivity index (χ3n) is 2.86. The largest absolute Gasteiger partial charge is 0.0837 e. The molecule has 0 fully saturated rings. The minimum Gasteiger partial charge on any atom is -0.0837 e. The molecule has 1 aliphatic rings. The lowest BCUT2D eigenvalue weighted by molar-refractivity contribution is 0.484. The van der Waals surface area contributed by atoms with E-state index in [1.807, 2.05) is 0 Å². The first-order chi connectivity index (χ1) is 7.51. The van der Waals surface area contributed by atoms with E-state index in [-0.39, 0.29) is 0 Å².